The van der Waals surface area contributed by atoms with Crippen molar-refractivity contribution >= 4 is 38.9 Å². The van der Waals surface area contributed by atoms with Gasteiger partial charge in [-0.2, -0.15) is 0 Å². The van der Waals surface area contributed by atoms with Gasteiger partial charge in [-0.25, -0.2) is 0 Å². The number of para-hydroxylation sites is 3. The first-order chi connectivity index (χ1) is 23.1. The minimum atomic E-state index is -0.0656. The van der Waals surface area contributed by atoms with E-state index in [9.17, 15) is 0 Å². The Morgan fingerprint density at radius 3 is 1.85 bits per heavy atom. The van der Waals surface area contributed by atoms with E-state index in [0.717, 1.165) is 22.7 Å². The van der Waals surface area contributed by atoms with Crippen molar-refractivity contribution in [2.24, 2.45) is 0 Å². The molecule has 1 heterocycles. The lowest BCUT2D eigenvalue weighted by atomic mass is 9.79. The highest BCUT2D eigenvalue weighted by atomic mass is 15.1. The Morgan fingerprint density at radius 1 is 0.447 bits per heavy atom. The molecule has 224 valence electrons. The number of hydrogen-bond donors (Lipinski definition) is 0. The van der Waals surface area contributed by atoms with E-state index in [2.05, 4.69) is 193 Å². The summed E-state index contributed by atoms with van der Waals surface area (Å²) in [6.07, 6.45) is 0. The molecule has 0 atom stereocenters. The molecule has 0 saturated carbocycles. The third-order valence-corrected chi connectivity index (χ3v) is 9.96. The Hall–Kier alpha value is -5.86. The zero-order chi connectivity index (χ0) is 31.5. The molecule has 0 amide bonds. The topological polar surface area (TPSA) is 8.17 Å². The van der Waals surface area contributed by atoms with Crippen LogP contribution in [0.4, 0.5) is 17.1 Å². The summed E-state index contributed by atoms with van der Waals surface area (Å²) in [6, 6.07) is 61.7. The van der Waals surface area contributed by atoms with Crippen molar-refractivity contribution in [2.45, 2.75) is 19.3 Å². The average Bonchev–Trinajstić information content (AvgIpc) is 3.58. The minimum Gasteiger partial charge on any atom is -0.310 e. The maximum Gasteiger partial charge on any atom is 0.0561 e. The van der Waals surface area contributed by atoms with Gasteiger partial charge < -0.3 is 9.47 Å². The van der Waals surface area contributed by atoms with Gasteiger partial charge in [-0.05, 0) is 88.0 Å². The summed E-state index contributed by atoms with van der Waals surface area (Å²) in [5, 5.41) is 2.51. The van der Waals surface area contributed by atoms with Gasteiger partial charge in [-0.1, -0.05) is 129 Å². The summed E-state index contributed by atoms with van der Waals surface area (Å²) in [6.45, 7) is 4.72. The summed E-state index contributed by atoms with van der Waals surface area (Å²) in [7, 11) is 0. The number of benzene rings is 7. The predicted octanol–water partition coefficient (Wildman–Crippen LogP) is 12.2. The Kier molecular flexibility index (Phi) is 6.20. The van der Waals surface area contributed by atoms with E-state index in [4.69, 9.17) is 0 Å². The van der Waals surface area contributed by atoms with E-state index in [1.54, 1.807) is 0 Å². The smallest absolute Gasteiger partial charge is 0.0561 e. The Morgan fingerprint density at radius 2 is 1.04 bits per heavy atom. The fourth-order valence-corrected chi connectivity index (χ4v) is 7.86. The Labute approximate surface area is 275 Å². The fraction of sp³-hybridized carbons (Fsp3) is 0.0667. The third kappa shape index (κ3) is 4.26. The molecule has 47 heavy (non-hydrogen) atoms. The molecule has 0 unspecified atom stereocenters. The van der Waals surface area contributed by atoms with Crippen LogP contribution in [0.5, 0.6) is 0 Å². The number of anilines is 3. The summed E-state index contributed by atoms with van der Waals surface area (Å²) in [5.74, 6) is 0. The molecule has 2 heteroatoms. The minimum absolute atomic E-state index is 0.0656. The van der Waals surface area contributed by atoms with E-state index in [1.165, 1.54) is 55.2 Å². The molecule has 7 aromatic carbocycles. The summed E-state index contributed by atoms with van der Waals surface area (Å²) in [5.41, 5.74) is 14.9. The second-order valence-electron chi connectivity index (χ2n) is 13.0. The molecule has 2 nitrogen and oxygen atoms in total. The zero-order valence-electron chi connectivity index (χ0n) is 26.6. The number of fused-ring (bicyclic) bond motifs is 6. The molecular weight excluding hydrogens is 569 g/mol. The number of hydrogen-bond acceptors (Lipinski definition) is 1. The van der Waals surface area contributed by atoms with E-state index in [1.807, 2.05) is 0 Å². The molecule has 0 bridgehead atoms. The van der Waals surface area contributed by atoms with Crippen molar-refractivity contribution in [1.29, 1.82) is 0 Å². The van der Waals surface area contributed by atoms with Gasteiger partial charge in [0.15, 0.2) is 0 Å². The number of aromatic nitrogens is 1. The van der Waals surface area contributed by atoms with E-state index in [-0.39, 0.29) is 5.41 Å². The lowest BCUT2D eigenvalue weighted by molar-refractivity contribution is 0.662. The van der Waals surface area contributed by atoms with Gasteiger partial charge in [0.05, 0.1) is 11.0 Å². The monoisotopic (exact) mass is 602 g/mol. The molecule has 8 aromatic rings. The van der Waals surface area contributed by atoms with Crippen LogP contribution < -0.4 is 4.90 Å². The van der Waals surface area contributed by atoms with Crippen molar-refractivity contribution < 1.29 is 0 Å². The van der Waals surface area contributed by atoms with Crippen LogP contribution in [-0.4, -0.2) is 4.57 Å². The quantitative estimate of drug-likeness (QED) is 0.190. The largest absolute Gasteiger partial charge is 0.310 e. The van der Waals surface area contributed by atoms with Crippen LogP contribution in [0.1, 0.15) is 25.0 Å². The lowest BCUT2D eigenvalue weighted by Crippen LogP contribution is -2.16. The zero-order valence-corrected chi connectivity index (χ0v) is 26.6. The Balaban J connectivity index is 1.19. The van der Waals surface area contributed by atoms with E-state index >= 15 is 0 Å². The van der Waals surface area contributed by atoms with Gasteiger partial charge in [0, 0.05) is 38.9 Å². The second-order valence-corrected chi connectivity index (χ2v) is 13.0. The third-order valence-electron chi connectivity index (χ3n) is 9.96. The maximum atomic E-state index is 2.39. The van der Waals surface area contributed by atoms with Crippen LogP contribution >= 0.6 is 0 Å². The molecule has 9 rings (SSSR count). The number of nitrogens with zero attached hydrogens (tertiary/aromatic N) is 2. The van der Waals surface area contributed by atoms with Gasteiger partial charge in [-0.3, -0.25) is 0 Å². The SMILES string of the molecule is CC1(C)c2ccccc2-c2cccc(-c3ccc(N(c4ccccc4)c4ccc5c6ccccc6n(-c6ccccc6)c5c4)cc3)c21. The molecule has 1 aliphatic carbocycles. The first-order valence-electron chi connectivity index (χ1n) is 16.4. The predicted molar refractivity (Wildman–Crippen MR) is 198 cm³/mol. The molecule has 0 saturated heterocycles. The van der Waals surface area contributed by atoms with Crippen LogP contribution in [0.2, 0.25) is 0 Å². The highest BCUT2D eigenvalue weighted by Crippen LogP contribution is 2.52. The normalized spacial score (nSPS) is 13.1. The molecule has 1 aliphatic rings. The summed E-state index contributed by atoms with van der Waals surface area (Å²) < 4.78 is 2.39. The highest BCUT2D eigenvalue weighted by Gasteiger charge is 2.37. The second kappa shape index (κ2) is 10.6. The van der Waals surface area contributed by atoms with Crippen LogP contribution in [0, 0.1) is 0 Å². The highest BCUT2D eigenvalue weighted by molar-refractivity contribution is 6.10. The van der Waals surface area contributed by atoms with Crippen molar-refractivity contribution in [1.82, 2.24) is 4.57 Å². The van der Waals surface area contributed by atoms with Gasteiger partial charge in [0.2, 0.25) is 0 Å². The fourth-order valence-electron chi connectivity index (χ4n) is 7.86. The van der Waals surface area contributed by atoms with Crippen LogP contribution in [0.3, 0.4) is 0 Å². The summed E-state index contributed by atoms with van der Waals surface area (Å²) >= 11 is 0. The average molecular weight is 603 g/mol. The van der Waals surface area contributed by atoms with Gasteiger partial charge in [0.1, 0.15) is 0 Å². The number of rotatable bonds is 5. The van der Waals surface area contributed by atoms with Crippen LogP contribution in [0.15, 0.2) is 170 Å². The molecule has 0 N–H and O–H groups in total. The van der Waals surface area contributed by atoms with Gasteiger partial charge in [-0.15, -0.1) is 0 Å². The first kappa shape index (κ1) is 27.5. The first-order valence-corrected chi connectivity index (χ1v) is 16.4. The molecule has 0 radical (unpaired) electrons. The summed E-state index contributed by atoms with van der Waals surface area (Å²) in [4.78, 5) is 2.37. The lowest BCUT2D eigenvalue weighted by Gasteiger charge is -2.27. The molecule has 0 fully saturated rings. The van der Waals surface area contributed by atoms with E-state index in [0.29, 0.717) is 0 Å². The van der Waals surface area contributed by atoms with Crippen molar-refractivity contribution in [2.75, 3.05) is 4.90 Å². The molecule has 0 spiro atoms. The van der Waals surface area contributed by atoms with Crippen molar-refractivity contribution in [3.05, 3.63) is 181 Å². The van der Waals surface area contributed by atoms with Crippen LogP contribution in [0.25, 0.3) is 49.7 Å². The van der Waals surface area contributed by atoms with Crippen molar-refractivity contribution in [3.63, 3.8) is 0 Å². The van der Waals surface area contributed by atoms with Gasteiger partial charge >= 0.3 is 0 Å². The van der Waals surface area contributed by atoms with Gasteiger partial charge in [0.25, 0.3) is 0 Å². The Bertz CT molecular complexity index is 2420. The van der Waals surface area contributed by atoms with Crippen LogP contribution in [-0.2, 0) is 5.41 Å². The molecular formula is C45H34N2. The molecule has 1 aromatic heterocycles. The standard InChI is InChI=1S/C45H34N2/c1-45(2)41-22-11-9-18-37(41)40-21-13-20-36(44(40)45)31-24-26-34(27-25-31)46(32-14-5-3-6-15-32)35-28-29-39-38-19-10-12-23-42(38)47(43(39)30-35)33-16-7-4-8-17-33/h3-30H,1-2H3. The maximum absolute atomic E-state index is 2.39. The molecule has 0 aliphatic heterocycles. The van der Waals surface area contributed by atoms with E-state index < -0.39 is 0 Å². The van der Waals surface area contributed by atoms with Crippen molar-refractivity contribution in [3.8, 4) is 27.9 Å².